The standard InChI is InChI=1S/C5H8ClNO/c6-2-4-7-3-1-5(7)8/h1-4H2. The van der Waals surface area contributed by atoms with E-state index in [-0.39, 0.29) is 5.91 Å². The third kappa shape index (κ3) is 0.944. The highest BCUT2D eigenvalue weighted by Crippen LogP contribution is 2.06. The predicted octanol–water partition coefficient (Wildman–Crippen LogP) is 0.458. The summed E-state index contributed by atoms with van der Waals surface area (Å²) in [4.78, 5) is 12.2. The van der Waals surface area contributed by atoms with Gasteiger partial charge < -0.3 is 4.90 Å². The summed E-state index contributed by atoms with van der Waals surface area (Å²) in [5.74, 6) is 0.803. The summed E-state index contributed by atoms with van der Waals surface area (Å²) in [6.07, 6.45) is 0.719. The van der Waals surface area contributed by atoms with Crippen LogP contribution < -0.4 is 0 Å². The second-order valence-electron chi connectivity index (χ2n) is 1.82. The largest absolute Gasteiger partial charge is 0.341 e. The van der Waals surface area contributed by atoms with E-state index in [2.05, 4.69) is 0 Å². The van der Waals surface area contributed by atoms with Crippen LogP contribution in [-0.2, 0) is 4.79 Å². The molecule has 1 fully saturated rings. The zero-order valence-electron chi connectivity index (χ0n) is 4.56. The van der Waals surface area contributed by atoms with Crippen LogP contribution in [-0.4, -0.2) is 29.8 Å². The van der Waals surface area contributed by atoms with Gasteiger partial charge in [-0.1, -0.05) is 0 Å². The molecule has 0 spiro atoms. The smallest absolute Gasteiger partial charge is 0.224 e. The number of β-lactam (4-membered cyclic amide) rings is 1. The van der Waals surface area contributed by atoms with Gasteiger partial charge in [-0.3, -0.25) is 4.79 Å². The van der Waals surface area contributed by atoms with Gasteiger partial charge in [-0.25, -0.2) is 0 Å². The number of rotatable bonds is 2. The molecule has 0 aromatic heterocycles. The van der Waals surface area contributed by atoms with Gasteiger partial charge in [0.05, 0.1) is 0 Å². The van der Waals surface area contributed by atoms with Crippen molar-refractivity contribution in [2.75, 3.05) is 19.0 Å². The van der Waals surface area contributed by atoms with Crippen molar-refractivity contribution in [2.24, 2.45) is 0 Å². The van der Waals surface area contributed by atoms with Gasteiger partial charge in [-0.15, -0.1) is 11.6 Å². The Bertz CT molecular complexity index is 105. The average Bonchev–Trinajstić information content (AvgIpc) is 1.79. The minimum atomic E-state index is 0.241. The van der Waals surface area contributed by atoms with E-state index in [0.717, 1.165) is 19.5 Å². The lowest BCUT2D eigenvalue weighted by Gasteiger charge is -2.29. The number of halogens is 1. The monoisotopic (exact) mass is 133 g/mol. The number of carbonyl (C=O) groups is 1. The Kier molecular flexibility index (Phi) is 1.73. The van der Waals surface area contributed by atoms with Crippen molar-refractivity contribution in [1.29, 1.82) is 0 Å². The van der Waals surface area contributed by atoms with Gasteiger partial charge in [0, 0.05) is 25.4 Å². The highest BCUT2D eigenvalue weighted by molar-refractivity contribution is 6.18. The van der Waals surface area contributed by atoms with Gasteiger partial charge in [-0.2, -0.15) is 0 Å². The van der Waals surface area contributed by atoms with E-state index in [1.807, 2.05) is 0 Å². The Labute approximate surface area is 53.4 Å². The number of likely N-dealkylation sites (tertiary alicyclic amines) is 1. The van der Waals surface area contributed by atoms with Gasteiger partial charge in [0.1, 0.15) is 0 Å². The zero-order chi connectivity index (χ0) is 5.98. The molecule has 2 nitrogen and oxygen atoms in total. The first-order chi connectivity index (χ1) is 3.84. The number of alkyl halides is 1. The molecule has 46 valence electrons. The van der Waals surface area contributed by atoms with Crippen molar-refractivity contribution in [3.8, 4) is 0 Å². The fourth-order valence-electron chi connectivity index (χ4n) is 0.700. The van der Waals surface area contributed by atoms with Crippen molar-refractivity contribution >= 4 is 17.5 Å². The van der Waals surface area contributed by atoms with Gasteiger partial charge in [0.2, 0.25) is 5.91 Å². The van der Waals surface area contributed by atoms with Crippen molar-refractivity contribution in [1.82, 2.24) is 4.90 Å². The Morgan fingerprint density at radius 3 is 2.62 bits per heavy atom. The van der Waals surface area contributed by atoms with E-state index in [0.29, 0.717) is 5.88 Å². The summed E-state index contributed by atoms with van der Waals surface area (Å²) in [6, 6.07) is 0. The molecule has 0 saturated carbocycles. The van der Waals surface area contributed by atoms with E-state index in [4.69, 9.17) is 11.6 Å². The summed E-state index contributed by atoms with van der Waals surface area (Å²) in [5, 5.41) is 0. The maximum atomic E-state index is 10.5. The van der Waals surface area contributed by atoms with Gasteiger partial charge in [0.25, 0.3) is 0 Å². The van der Waals surface area contributed by atoms with Crippen LogP contribution >= 0.6 is 11.6 Å². The van der Waals surface area contributed by atoms with E-state index < -0.39 is 0 Å². The van der Waals surface area contributed by atoms with Crippen LogP contribution in [0.1, 0.15) is 6.42 Å². The zero-order valence-corrected chi connectivity index (χ0v) is 5.32. The van der Waals surface area contributed by atoms with Crippen LogP contribution in [0.2, 0.25) is 0 Å². The van der Waals surface area contributed by atoms with Crippen molar-refractivity contribution in [3.05, 3.63) is 0 Å². The maximum Gasteiger partial charge on any atom is 0.224 e. The van der Waals surface area contributed by atoms with Crippen LogP contribution in [0.15, 0.2) is 0 Å². The molecule has 0 N–H and O–H groups in total. The summed E-state index contributed by atoms with van der Waals surface area (Å²) in [5.41, 5.74) is 0. The number of hydrogen-bond acceptors (Lipinski definition) is 1. The van der Waals surface area contributed by atoms with Crippen LogP contribution in [0.4, 0.5) is 0 Å². The van der Waals surface area contributed by atoms with Crippen molar-refractivity contribution in [2.45, 2.75) is 6.42 Å². The molecule has 1 heterocycles. The molecule has 0 aliphatic carbocycles. The minimum absolute atomic E-state index is 0.241. The Morgan fingerprint density at radius 1 is 1.75 bits per heavy atom. The molecular weight excluding hydrogens is 126 g/mol. The first-order valence-corrected chi connectivity index (χ1v) is 3.22. The van der Waals surface area contributed by atoms with Crippen LogP contribution in [0.5, 0.6) is 0 Å². The molecule has 0 unspecified atom stereocenters. The Hall–Kier alpha value is -0.240. The van der Waals surface area contributed by atoms with Gasteiger partial charge in [-0.05, 0) is 0 Å². The Balaban J connectivity index is 2.17. The third-order valence-corrected chi connectivity index (χ3v) is 1.47. The summed E-state index contributed by atoms with van der Waals surface area (Å²) in [6.45, 7) is 1.63. The molecule has 0 atom stereocenters. The first kappa shape index (κ1) is 5.89. The fourth-order valence-corrected chi connectivity index (χ4v) is 0.904. The van der Waals surface area contributed by atoms with Crippen molar-refractivity contribution < 1.29 is 4.79 Å². The first-order valence-electron chi connectivity index (χ1n) is 2.68. The second kappa shape index (κ2) is 2.35. The fraction of sp³-hybridized carbons (Fsp3) is 0.800. The van der Waals surface area contributed by atoms with E-state index in [9.17, 15) is 4.79 Å². The quantitative estimate of drug-likeness (QED) is 0.396. The number of hydrogen-bond donors (Lipinski definition) is 0. The molecular formula is C5H8ClNO. The van der Waals surface area contributed by atoms with Crippen LogP contribution in [0, 0.1) is 0 Å². The molecule has 0 aromatic rings. The van der Waals surface area contributed by atoms with Crippen LogP contribution in [0.25, 0.3) is 0 Å². The molecule has 1 aliphatic heterocycles. The molecule has 8 heavy (non-hydrogen) atoms. The SMILES string of the molecule is O=C1CCN1CCCl. The molecule has 1 aliphatic rings. The molecule has 1 rings (SSSR count). The molecule has 1 amide bonds. The normalized spacial score (nSPS) is 18.6. The minimum Gasteiger partial charge on any atom is -0.341 e. The summed E-state index contributed by atoms with van der Waals surface area (Å²) < 4.78 is 0. The van der Waals surface area contributed by atoms with Gasteiger partial charge in [0.15, 0.2) is 0 Å². The second-order valence-corrected chi connectivity index (χ2v) is 2.20. The van der Waals surface area contributed by atoms with E-state index in [1.54, 1.807) is 4.90 Å². The highest BCUT2D eigenvalue weighted by atomic mass is 35.5. The number of nitrogens with zero attached hydrogens (tertiary/aromatic N) is 1. The number of carbonyl (C=O) groups excluding carboxylic acids is 1. The number of amides is 1. The van der Waals surface area contributed by atoms with E-state index >= 15 is 0 Å². The Morgan fingerprint density at radius 2 is 2.50 bits per heavy atom. The van der Waals surface area contributed by atoms with Gasteiger partial charge >= 0.3 is 0 Å². The molecule has 3 heteroatoms. The third-order valence-electron chi connectivity index (χ3n) is 1.30. The highest BCUT2D eigenvalue weighted by Gasteiger charge is 2.21. The molecule has 0 radical (unpaired) electrons. The topological polar surface area (TPSA) is 20.3 Å². The molecule has 0 bridgehead atoms. The summed E-state index contributed by atoms with van der Waals surface area (Å²) in [7, 11) is 0. The average molecular weight is 134 g/mol. The lowest BCUT2D eigenvalue weighted by atomic mass is 10.2. The predicted molar refractivity (Wildman–Crippen MR) is 31.9 cm³/mol. The van der Waals surface area contributed by atoms with Crippen LogP contribution in [0.3, 0.4) is 0 Å². The lowest BCUT2D eigenvalue weighted by Crippen LogP contribution is -2.44. The summed E-state index contributed by atoms with van der Waals surface area (Å²) >= 11 is 5.38. The lowest BCUT2D eigenvalue weighted by molar-refractivity contribution is -0.139. The molecule has 0 aromatic carbocycles. The molecule has 1 saturated heterocycles. The maximum absolute atomic E-state index is 10.5. The van der Waals surface area contributed by atoms with E-state index in [1.165, 1.54) is 0 Å². The van der Waals surface area contributed by atoms with Crippen molar-refractivity contribution in [3.63, 3.8) is 0 Å².